The summed E-state index contributed by atoms with van der Waals surface area (Å²) in [5.41, 5.74) is 4.34. The predicted octanol–water partition coefficient (Wildman–Crippen LogP) is 4.66. The minimum absolute atomic E-state index is 0.0700. The largest absolute Gasteiger partial charge is 0.466 e. The topological polar surface area (TPSA) is 86.1 Å². The number of aryl methyl sites for hydroxylation is 1. The van der Waals surface area contributed by atoms with Crippen LogP contribution < -0.4 is 5.32 Å². The third-order valence-corrected chi connectivity index (χ3v) is 5.59. The second-order valence-corrected chi connectivity index (χ2v) is 7.92. The Morgan fingerprint density at radius 3 is 2.59 bits per heavy atom. The van der Waals surface area contributed by atoms with Crippen molar-refractivity contribution in [3.63, 3.8) is 0 Å². The van der Waals surface area contributed by atoms with Crippen molar-refractivity contribution in [2.24, 2.45) is 0 Å². The van der Waals surface area contributed by atoms with Crippen LogP contribution in [0.1, 0.15) is 28.5 Å². The maximum absolute atomic E-state index is 13.2. The normalized spacial score (nSPS) is 10.7. The quantitative estimate of drug-likeness (QED) is 0.417. The van der Waals surface area contributed by atoms with Gasteiger partial charge in [-0.05, 0) is 31.5 Å². The van der Waals surface area contributed by atoms with Crippen molar-refractivity contribution in [2.75, 3.05) is 11.9 Å². The summed E-state index contributed by atoms with van der Waals surface area (Å²) in [4.78, 5) is 29.2. The molecule has 4 rings (SSSR count). The van der Waals surface area contributed by atoms with Crippen LogP contribution in [-0.2, 0) is 16.0 Å². The van der Waals surface area contributed by atoms with Crippen LogP contribution in [-0.4, -0.2) is 33.2 Å². The first-order valence-electron chi connectivity index (χ1n) is 10.2. The fourth-order valence-electron chi connectivity index (χ4n) is 3.26. The van der Waals surface area contributed by atoms with E-state index in [1.54, 1.807) is 23.2 Å². The molecule has 2 aromatic heterocycles. The van der Waals surface area contributed by atoms with Crippen molar-refractivity contribution in [3.8, 4) is 16.9 Å². The number of thiazole rings is 1. The van der Waals surface area contributed by atoms with E-state index in [2.05, 4.69) is 10.3 Å². The molecule has 7 nitrogen and oxygen atoms in total. The molecule has 0 fully saturated rings. The summed E-state index contributed by atoms with van der Waals surface area (Å²) in [6.07, 6.45) is 1.79. The number of para-hydroxylation sites is 1. The number of ether oxygens (including phenoxy) is 1. The third-order valence-electron chi connectivity index (χ3n) is 4.78. The van der Waals surface area contributed by atoms with Crippen molar-refractivity contribution < 1.29 is 14.3 Å². The Balaban J connectivity index is 1.64. The van der Waals surface area contributed by atoms with E-state index in [0.29, 0.717) is 28.7 Å². The number of nitrogens with one attached hydrogen (secondary N) is 1. The van der Waals surface area contributed by atoms with Crippen molar-refractivity contribution in [2.45, 2.75) is 20.3 Å². The average molecular weight is 447 g/mol. The van der Waals surface area contributed by atoms with Crippen LogP contribution in [0.4, 0.5) is 5.13 Å². The molecule has 1 N–H and O–H groups in total. The first kappa shape index (κ1) is 21.5. The molecule has 0 unspecified atom stereocenters. The van der Waals surface area contributed by atoms with E-state index in [1.807, 2.05) is 61.5 Å². The molecule has 32 heavy (non-hydrogen) atoms. The lowest BCUT2D eigenvalue weighted by Gasteiger charge is -2.05. The summed E-state index contributed by atoms with van der Waals surface area (Å²) in [6.45, 7) is 4.06. The fourth-order valence-corrected chi connectivity index (χ4v) is 3.97. The molecule has 0 bridgehead atoms. The number of anilines is 1. The maximum Gasteiger partial charge on any atom is 0.311 e. The standard InChI is InChI=1S/C24H22N4O3S/c1-3-31-21(29)13-17-15-32-24(25-17)26-23(30)20-14-28(18-10-5-4-6-11-18)27-22(20)19-12-8-7-9-16(19)2/h4-12,14-15H,3,13H2,1-2H3,(H,25,26,30). The Hall–Kier alpha value is -3.78. The van der Waals surface area contributed by atoms with Gasteiger partial charge >= 0.3 is 5.97 Å². The molecule has 0 saturated heterocycles. The minimum Gasteiger partial charge on any atom is -0.466 e. The third kappa shape index (κ3) is 4.76. The maximum atomic E-state index is 13.2. The van der Waals surface area contributed by atoms with Gasteiger partial charge in [-0.2, -0.15) is 5.10 Å². The lowest BCUT2D eigenvalue weighted by Crippen LogP contribution is -2.13. The molecule has 2 heterocycles. The van der Waals surface area contributed by atoms with Gasteiger partial charge < -0.3 is 4.74 Å². The molecule has 0 aliphatic heterocycles. The van der Waals surface area contributed by atoms with Crippen LogP contribution in [0.5, 0.6) is 0 Å². The van der Waals surface area contributed by atoms with Crippen LogP contribution in [0.2, 0.25) is 0 Å². The zero-order valence-corrected chi connectivity index (χ0v) is 18.6. The Morgan fingerprint density at radius 2 is 1.84 bits per heavy atom. The van der Waals surface area contributed by atoms with E-state index in [1.165, 1.54) is 11.3 Å². The van der Waals surface area contributed by atoms with E-state index in [9.17, 15) is 9.59 Å². The van der Waals surface area contributed by atoms with Gasteiger partial charge in [-0.25, -0.2) is 9.67 Å². The number of aromatic nitrogens is 3. The molecule has 162 valence electrons. The number of carbonyl (C=O) groups excluding carboxylic acids is 2. The number of amides is 1. The van der Waals surface area contributed by atoms with Crippen molar-refractivity contribution in [1.82, 2.24) is 14.8 Å². The van der Waals surface area contributed by atoms with Gasteiger partial charge in [0.05, 0.1) is 30.0 Å². The van der Waals surface area contributed by atoms with E-state index < -0.39 is 0 Å². The molecule has 0 aliphatic rings. The van der Waals surface area contributed by atoms with Gasteiger partial charge in [0.2, 0.25) is 0 Å². The molecule has 0 saturated carbocycles. The van der Waals surface area contributed by atoms with Gasteiger partial charge in [-0.15, -0.1) is 11.3 Å². The summed E-state index contributed by atoms with van der Waals surface area (Å²) in [5, 5.41) is 9.71. The van der Waals surface area contributed by atoms with Gasteiger partial charge in [0.25, 0.3) is 5.91 Å². The zero-order valence-electron chi connectivity index (χ0n) is 17.7. The van der Waals surface area contributed by atoms with E-state index >= 15 is 0 Å². The number of carbonyl (C=O) groups is 2. The highest BCUT2D eigenvalue weighted by Gasteiger charge is 2.21. The van der Waals surface area contributed by atoms with E-state index in [0.717, 1.165) is 16.8 Å². The molecule has 0 radical (unpaired) electrons. The lowest BCUT2D eigenvalue weighted by molar-refractivity contribution is -0.142. The first-order chi connectivity index (χ1) is 15.5. The molecular formula is C24H22N4O3S. The van der Waals surface area contributed by atoms with Crippen molar-refractivity contribution >= 4 is 28.3 Å². The van der Waals surface area contributed by atoms with Gasteiger partial charge in [0, 0.05) is 17.1 Å². The molecule has 2 aromatic carbocycles. The number of hydrogen-bond donors (Lipinski definition) is 1. The summed E-state index contributed by atoms with van der Waals surface area (Å²) < 4.78 is 6.65. The summed E-state index contributed by atoms with van der Waals surface area (Å²) >= 11 is 1.26. The first-order valence-corrected chi connectivity index (χ1v) is 11.1. The summed E-state index contributed by atoms with van der Waals surface area (Å²) in [7, 11) is 0. The minimum atomic E-state index is -0.346. The molecule has 4 aromatic rings. The molecular weight excluding hydrogens is 424 g/mol. The molecule has 8 heteroatoms. The van der Waals surface area contributed by atoms with Gasteiger partial charge in [0.15, 0.2) is 5.13 Å². The number of benzene rings is 2. The smallest absolute Gasteiger partial charge is 0.311 e. The highest BCUT2D eigenvalue weighted by Crippen LogP contribution is 2.28. The summed E-state index contributed by atoms with van der Waals surface area (Å²) in [5.74, 6) is -0.663. The van der Waals surface area contributed by atoms with Gasteiger partial charge in [-0.3, -0.25) is 14.9 Å². The van der Waals surface area contributed by atoms with Crippen LogP contribution in [0, 0.1) is 6.92 Å². The highest BCUT2D eigenvalue weighted by molar-refractivity contribution is 7.14. The monoisotopic (exact) mass is 446 g/mol. The molecule has 0 aliphatic carbocycles. The fraction of sp³-hybridized carbons (Fsp3) is 0.167. The molecule has 0 spiro atoms. The van der Waals surface area contributed by atoms with Crippen LogP contribution >= 0.6 is 11.3 Å². The SMILES string of the molecule is CCOC(=O)Cc1csc(NC(=O)c2cn(-c3ccccc3)nc2-c2ccccc2C)n1. The second-order valence-electron chi connectivity index (χ2n) is 7.07. The molecule has 0 atom stereocenters. The highest BCUT2D eigenvalue weighted by atomic mass is 32.1. The number of rotatable bonds is 7. The van der Waals surface area contributed by atoms with E-state index in [-0.39, 0.29) is 18.3 Å². The average Bonchev–Trinajstić information content (AvgIpc) is 3.42. The number of nitrogens with zero attached hydrogens (tertiary/aromatic N) is 3. The Kier molecular flexibility index (Phi) is 6.42. The Labute approximate surface area is 189 Å². The lowest BCUT2D eigenvalue weighted by atomic mass is 10.0. The van der Waals surface area contributed by atoms with Gasteiger partial charge in [0.1, 0.15) is 5.69 Å². The van der Waals surface area contributed by atoms with E-state index in [4.69, 9.17) is 9.84 Å². The van der Waals surface area contributed by atoms with Gasteiger partial charge in [-0.1, -0.05) is 42.5 Å². The predicted molar refractivity (Wildman–Crippen MR) is 124 cm³/mol. The Bertz CT molecular complexity index is 1250. The summed E-state index contributed by atoms with van der Waals surface area (Å²) in [6, 6.07) is 17.4. The number of esters is 1. The van der Waals surface area contributed by atoms with Crippen LogP contribution in [0.15, 0.2) is 66.2 Å². The van der Waals surface area contributed by atoms with Crippen molar-refractivity contribution in [1.29, 1.82) is 0 Å². The van der Waals surface area contributed by atoms with Crippen LogP contribution in [0.3, 0.4) is 0 Å². The number of hydrogen-bond acceptors (Lipinski definition) is 6. The Morgan fingerprint density at radius 1 is 1.09 bits per heavy atom. The molecule has 1 amide bonds. The van der Waals surface area contributed by atoms with Crippen LogP contribution in [0.25, 0.3) is 16.9 Å². The second kappa shape index (κ2) is 9.57. The van der Waals surface area contributed by atoms with Crippen molar-refractivity contribution in [3.05, 3.63) is 83.0 Å². The zero-order chi connectivity index (χ0) is 22.5.